The first-order valence-electron chi connectivity index (χ1n) is 5.05. The van der Waals surface area contributed by atoms with Crippen LogP contribution < -0.4 is 5.73 Å². The molecule has 3 N–H and O–H groups in total. The molecule has 1 fully saturated rings. The van der Waals surface area contributed by atoms with Crippen LogP contribution in [0.4, 0.5) is 0 Å². The Kier molecular flexibility index (Phi) is 3.20. The quantitative estimate of drug-likeness (QED) is 0.784. The minimum atomic E-state index is -0.317. The fourth-order valence-corrected chi connectivity index (χ4v) is 1.59. The van der Waals surface area contributed by atoms with E-state index < -0.39 is 0 Å². The van der Waals surface area contributed by atoms with Crippen LogP contribution in [-0.2, 0) is 9.47 Å². The van der Waals surface area contributed by atoms with Gasteiger partial charge in [-0.3, -0.25) is 0 Å². The summed E-state index contributed by atoms with van der Waals surface area (Å²) in [7, 11) is 0. The van der Waals surface area contributed by atoms with Gasteiger partial charge in [-0.25, -0.2) is 0 Å². The molecule has 1 aromatic carbocycles. The summed E-state index contributed by atoms with van der Waals surface area (Å²) in [6.45, 7) is 1.19. The molecule has 1 aromatic rings. The zero-order valence-electron chi connectivity index (χ0n) is 8.43. The molecule has 0 amide bonds. The molecule has 0 aliphatic carbocycles. The molecule has 0 radical (unpaired) electrons. The van der Waals surface area contributed by atoms with Gasteiger partial charge in [-0.15, -0.1) is 0 Å². The molecule has 1 aliphatic heterocycles. The standard InChI is InChI=1S/C11H15NO3/c12-6-5-10-7-14-11(15-10)8-1-3-9(13)4-2-8/h1-4,10-11,13H,5-7,12H2. The van der Waals surface area contributed by atoms with E-state index in [4.69, 9.17) is 20.3 Å². The highest BCUT2D eigenvalue weighted by atomic mass is 16.7. The van der Waals surface area contributed by atoms with Crippen LogP contribution in [0.1, 0.15) is 18.3 Å². The molecule has 0 saturated carbocycles. The minimum absolute atomic E-state index is 0.0915. The predicted octanol–water partition coefficient (Wildman–Crippen LogP) is 1.15. The Morgan fingerprint density at radius 3 is 2.73 bits per heavy atom. The van der Waals surface area contributed by atoms with Crippen molar-refractivity contribution in [2.24, 2.45) is 5.73 Å². The summed E-state index contributed by atoms with van der Waals surface area (Å²) >= 11 is 0. The summed E-state index contributed by atoms with van der Waals surface area (Å²) in [5.74, 6) is 0.246. The molecule has 0 bridgehead atoms. The Morgan fingerprint density at radius 2 is 2.07 bits per heavy atom. The lowest BCUT2D eigenvalue weighted by molar-refractivity contribution is -0.0607. The molecule has 15 heavy (non-hydrogen) atoms. The van der Waals surface area contributed by atoms with Crippen molar-refractivity contribution in [3.8, 4) is 5.75 Å². The van der Waals surface area contributed by atoms with Gasteiger partial charge in [0.25, 0.3) is 0 Å². The predicted molar refractivity (Wildman–Crippen MR) is 55.3 cm³/mol. The fraction of sp³-hybridized carbons (Fsp3) is 0.455. The number of ether oxygens (including phenoxy) is 2. The van der Waals surface area contributed by atoms with Gasteiger partial charge in [0.15, 0.2) is 6.29 Å². The van der Waals surface area contributed by atoms with Crippen molar-refractivity contribution in [2.45, 2.75) is 18.8 Å². The van der Waals surface area contributed by atoms with Gasteiger partial charge in [0.05, 0.1) is 12.7 Å². The van der Waals surface area contributed by atoms with E-state index >= 15 is 0 Å². The van der Waals surface area contributed by atoms with Crippen molar-refractivity contribution >= 4 is 0 Å². The molecule has 4 heteroatoms. The van der Waals surface area contributed by atoms with E-state index in [0.717, 1.165) is 12.0 Å². The summed E-state index contributed by atoms with van der Waals surface area (Å²) in [4.78, 5) is 0. The van der Waals surface area contributed by atoms with Gasteiger partial charge >= 0.3 is 0 Å². The zero-order valence-corrected chi connectivity index (χ0v) is 8.43. The number of rotatable bonds is 3. The van der Waals surface area contributed by atoms with Gasteiger partial charge in [-0.1, -0.05) is 12.1 Å². The van der Waals surface area contributed by atoms with Crippen LogP contribution in [-0.4, -0.2) is 24.4 Å². The maximum atomic E-state index is 9.14. The van der Waals surface area contributed by atoms with E-state index in [9.17, 15) is 0 Å². The normalized spacial score (nSPS) is 25.7. The average Bonchev–Trinajstić information content (AvgIpc) is 2.68. The third-order valence-electron chi connectivity index (χ3n) is 2.40. The number of hydrogen-bond acceptors (Lipinski definition) is 4. The van der Waals surface area contributed by atoms with Crippen LogP contribution in [0.25, 0.3) is 0 Å². The molecule has 1 saturated heterocycles. The van der Waals surface area contributed by atoms with E-state index in [-0.39, 0.29) is 18.1 Å². The second-order valence-corrected chi connectivity index (χ2v) is 3.59. The average molecular weight is 209 g/mol. The van der Waals surface area contributed by atoms with Crippen LogP contribution in [0, 0.1) is 0 Å². The lowest BCUT2D eigenvalue weighted by atomic mass is 10.2. The molecule has 82 valence electrons. The summed E-state index contributed by atoms with van der Waals surface area (Å²) in [5.41, 5.74) is 6.37. The third-order valence-corrected chi connectivity index (χ3v) is 2.40. The maximum Gasteiger partial charge on any atom is 0.184 e. The van der Waals surface area contributed by atoms with Crippen molar-refractivity contribution in [1.29, 1.82) is 0 Å². The van der Waals surface area contributed by atoms with Gasteiger partial charge in [-0.2, -0.15) is 0 Å². The number of aromatic hydroxyl groups is 1. The largest absolute Gasteiger partial charge is 0.508 e. The highest BCUT2D eigenvalue weighted by molar-refractivity contribution is 5.26. The van der Waals surface area contributed by atoms with Crippen LogP contribution >= 0.6 is 0 Å². The molecule has 2 rings (SSSR count). The molecule has 4 nitrogen and oxygen atoms in total. The molecule has 2 unspecified atom stereocenters. The second kappa shape index (κ2) is 4.61. The summed E-state index contributed by atoms with van der Waals surface area (Å²) in [6.07, 6.45) is 0.588. The Labute approximate surface area is 88.6 Å². The highest BCUT2D eigenvalue weighted by Crippen LogP contribution is 2.28. The van der Waals surface area contributed by atoms with Gasteiger partial charge < -0.3 is 20.3 Å². The molecule has 0 aromatic heterocycles. The highest BCUT2D eigenvalue weighted by Gasteiger charge is 2.26. The van der Waals surface area contributed by atoms with Gasteiger partial charge in [-0.05, 0) is 25.1 Å². The lowest BCUT2D eigenvalue weighted by Crippen LogP contribution is -2.15. The van der Waals surface area contributed by atoms with Crippen LogP contribution in [0.2, 0.25) is 0 Å². The van der Waals surface area contributed by atoms with E-state index in [1.165, 1.54) is 0 Å². The minimum Gasteiger partial charge on any atom is -0.508 e. The SMILES string of the molecule is NCCC1COC(c2ccc(O)cc2)O1. The van der Waals surface area contributed by atoms with Crippen LogP contribution in [0.15, 0.2) is 24.3 Å². The van der Waals surface area contributed by atoms with Crippen molar-refractivity contribution in [3.63, 3.8) is 0 Å². The van der Waals surface area contributed by atoms with E-state index in [2.05, 4.69) is 0 Å². The zero-order chi connectivity index (χ0) is 10.7. The first-order valence-corrected chi connectivity index (χ1v) is 5.05. The number of benzene rings is 1. The van der Waals surface area contributed by atoms with Crippen molar-refractivity contribution in [3.05, 3.63) is 29.8 Å². The fourth-order valence-electron chi connectivity index (χ4n) is 1.59. The smallest absolute Gasteiger partial charge is 0.184 e. The first-order chi connectivity index (χ1) is 7.29. The Balaban J connectivity index is 1.98. The maximum absolute atomic E-state index is 9.14. The molecule has 0 spiro atoms. The van der Waals surface area contributed by atoms with E-state index in [1.54, 1.807) is 24.3 Å². The topological polar surface area (TPSA) is 64.7 Å². The number of hydrogen-bond donors (Lipinski definition) is 2. The van der Waals surface area contributed by atoms with Crippen molar-refractivity contribution in [1.82, 2.24) is 0 Å². The summed E-state index contributed by atoms with van der Waals surface area (Å²) in [5, 5.41) is 9.14. The van der Waals surface area contributed by atoms with E-state index in [0.29, 0.717) is 13.2 Å². The van der Waals surface area contributed by atoms with Gasteiger partial charge in [0, 0.05) is 5.56 Å². The summed E-state index contributed by atoms with van der Waals surface area (Å²) < 4.78 is 11.1. The molecular weight excluding hydrogens is 194 g/mol. The molecule has 1 heterocycles. The second-order valence-electron chi connectivity index (χ2n) is 3.59. The van der Waals surface area contributed by atoms with E-state index in [1.807, 2.05) is 0 Å². The Morgan fingerprint density at radius 1 is 1.33 bits per heavy atom. The van der Waals surface area contributed by atoms with Gasteiger partial charge in [0.1, 0.15) is 5.75 Å². The Bertz CT molecular complexity index is 312. The third kappa shape index (κ3) is 2.47. The monoisotopic (exact) mass is 209 g/mol. The number of nitrogens with two attached hydrogens (primary N) is 1. The van der Waals surface area contributed by atoms with Gasteiger partial charge in [0.2, 0.25) is 0 Å². The summed E-state index contributed by atoms with van der Waals surface area (Å²) in [6, 6.07) is 6.84. The lowest BCUT2D eigenvalue weighted by Gasteiger charge is -2.11. The number of phenols is 1. The van der Waals surface area contributed by atoms with Crippen molar-refractivity contribution in [2.75, 3.05) is 13.2 Å². The molecule has 2 atom stereocenters. The van der Waals surface area contributed by atoms with Crippen LogP contribution in [0.5, 0.6) is 5.75 Å². The van der Waals surface area contributed by atoms with Crippen LogP contribution in [0.3, 0.4) is 0 Å². The molecule has 1 aliphatic rings. The number of phenolic OH excluding ortho intramolecular Hbond substituents is 1. The Hall–Kier alpha value is -1.10. The first kappa shape index (κ1) is 10.4. The molecular formula is C11H15NO3. The van der Waals surface area contributed by atoms with Crippen molar-refractivity contribution < 1.29 is 14.6 Å².